The molecule has 0 bridgehead atoms. The van der Waals surface area contributed by atoms with Crippen LogP contribution in [0.2, 0.25) is 0 Å². The first-order chi connectivity index (χ1) is 16.0. The number of halogens is 1. The maximum Gasteiger partial charge on any atom is 0.295 e. The summed E-state index contributed by atoms with van der Waals surface area (Å²) >= 11 is 2.20. The average Bonchev–Trinajstić information content (AvgIpc) is 3.09. The van der Waals surface area contributed by atoms with Crippen LogP contribution in [-0.2, 0) is 16.1 Å². The van der Waals surface area contributed by atoms with Crippen molar-refractivity contribution in [3.63, 3.8) is 0 Å². The fourth-order valence-electron chi connectivity index (χ4n) is 4.07. The second-order valence-corrected chi connectivity index (χ2v) is 8.94. The number of pyridine rings is 1. The molecular weight excluding hydrogens is 535 g/mol. The van der Waals surface area contributed by atoms with Crippen LogP contribution in [0.1, 0.15) is 22.7 Å². The average molecular weight is 554 g/mol. The Kier molecular flexibility index (Phi) is 5.76. The van der Waals surface area contributed by atoms with Crippen molar-refractivity contribution in [3.8, 4) is 11.5 Å². The Hall–Kier alpha value is -3.40. The van der Waals surface area contributed by atoms with Crippen LogP contribution in [0.4, 0.5) is 0 Å². The number of Topliss-reactive ketones (excluding diaryl/α,β-unsaturated/α-hetero) is 1. The van der Waals surface area contributed by atoms with Gasteiger partial charge in [0.2, 0.25) is 0 Å². The Morgan fingerprint density at radius 1 is 1.00 bits per heavy atom. The number of ketones is 1. The van der Waals surface area contributed by atoms with Crippen molar-refractivity contribution < 1.29 is 24.2 Å². The van der Waals surface area contributed by atoms with E-state index in [0.717, 1.165) is 14.7 Å². The van der Waals surface area contributed by atoms with Crippen LogP contribution in [0.15, 0.2) is 72.6 Å². The number of fused-ring (bicyclic) bond motifs is 1. The number of aliphatic hydroxyl groups is 1. The standard InChI is InChI=1S/C25H19IN2O5/c26-18-4-1-16(2-5-18)22-21(23(29)17-3-6-19-20(13-17)33-12-11-32-19)24(30)25(31)28(22)14-15-7-9-27-10-8-15/h1-10,13,22,29H,11-12,14H2. The quantitative estimate of drug-likeness (QED) is 0.227. The lowest BCUT2D eigenvalue weighted by atomic mass is 9.95. The second kappa shape index (κ2) is 8.86. The maximum absolute atomic E-state index is 13.2. The minimum atomic E-state index is -0.733. The molecule has 0 radical (unpaired) electrons. The van der Waals surface area contributed by atoms with Gasteiger partial charge in [0.25, 0.3) is 11.7 Å². The van der Waals surface area contributed by atoms with Crippen LogP contribution in [0.25, 0.3) is 5.76 Å². The van der Waals surface area contributed by atoms with E-state index in [1.165, 1.54) is 4.90 Å². The van der Waals surface area contributed by atoms with Crippen molar-refractivity contribution in [2.45, 2.75) is 12.6 Å². The first-order valence-electron chi connectivity index (χ1n) is 10.4. The molecule has 166 valence electrons. The number of hydrogen-bond acceptors (Lipinski definition) is 6. The van der Waals surface area contributed by atoms with E-state index in [1.807, 2.05) is 24.3 Å². The molecule has 3 aromatic rings. The highest BCUT2D eigenvalue weighted by molar-refractivity contribution is 14.1. The highest BCUT2D eigenvalue weighted by Gasteiger charge is 2.46. The molecule has 1 atom stereocenters. The van der Waals surface area contributed by atoms with Crippen LogP contribution in [0, 0.1) is 3.57 Å². The molecule has 5 rings (SSSR count). The van der Waals surface area contributed by atoms with Gasteiger partial charge in [-0.05, 0) is 76.2 Å². The molecule has 1 unspecified atom stereocenters. The van der Waals surface area contributed by atoms with Gasteiger partial charge in [-0.15, -0.1) is 0 Å². The van der Waals surface area contributed by atoms with Gasteiger partial charge >= 0.3 is 0 Å². The number of hydrogen-bond donors (Lipinski definition) is 1. The molecule has 2 aliphatic rings. The second-order valence-electron chi connectivity index (χ2n) is 7.69. The molecule has 1 saturated heterocycles. The monoisotopic (exact) mass is 554 g/mol. The fraction of sp³-hybridized carbons (Fsp3) is 0.160. The number of carbonyl (C=O) groups is 2. The van der Waals surface area contributed by atoms with Crippen molar-refractivity contribution in [2.24, 2.45) is 0 Å². The molecule has 2 aromatic carbocycles. The van der Waals surface area contributed by atoms with Crippen LogP contribution in [0.5, 0.6) is 11.5 Å². The summed E-state index contributed by atoms with van der Waals surface area (Å²) in [7, 11) is 0. The van der Waals surface area contributed by atoms with Gasteiger partial charge in [-0.25, -0.2) is 0 Å². The van der Waals surface area contributed by atoms with Gasteiger partial charge < -0.3 is 19.5 Å². The normalized spacial score (nSPS) is 19.1. The topological polar surface area (TPSA) is 89.0 Å². The number of ether oxygens (including phenoxy) is 2. The molecule has 0 aliphatic carbocycles. The van der Waals surface area contributed by atoms with Gasteiger partial charge in [0.05, 0.1) is 11.6 Å². The van der Waals surface area contributed by atoms with Gasteiger partial charge in [-0.2, -0.15) is 0 Å². The number of rotatable bonds is 4. The zero-order valence-corrected chi connectivity index (χ0v) is 19.6. The van der Waals surface area contributed by atoms with E-state index in [0.29, 0.717) is 30.3 Å². The molecule has 1 fully saturated rings. The van der Waals surface area contributed by atoms with Crippen LogP contribution < -0.4 is 9.47 Å². The van der Waals surface area contributed by atoms with E-state index in [2.05, 4.69) is 27.6 Å². The van der Waals surface area contributed by atoms with Crippen molar-refractivity contribution in [2.75, 3.05) is 13.2 Å². The number of nitrogens with zero attached hydrogens (tertiary/aromatic N) is 2. The summed E-state index contributed by atoms with van der Waals surface area (Å²) in [4.78, 5) is 31.8. The number of carbonyl (C=O) groups excluding carboxylic acids is 2. The molecule has 33 heavy (non-hydrogen) atoms. The Balaban J connectivity index is 1.63. The minimum Gasteiger partial charge on any atom is -0.507 e. The molecule has 1 aromatic heterocycles. The number of amides is 1. The summed E-state index contributed by atoms with van der Waals surface area (Å²) in [6.45, 7) is 1.06. The zero-order valence-electron chi connectivity index (χ0n) is 17.4. The van der Waals surface area contributed by atoms with Crippen LogP contribution in [-0.4, -0.2) is 39.9 Å². The summed E-state index contributed by atoms with van der Waals surface area (Å²) < 4.78 is 12.2. The number of aromatic nitrogens is 1. The third-order valence-corrected chi connectivity index (χ3v) is 6.36. The molecule has 1 amide bonds. The van der Waals surface area contributed by atoms with Crippen molar-refractivity contribution in [1.82, 2.24) is 9.88 Å². The van der Waals surface area contributed by atoms with Gasteiger partial charge in [0, 0.05) is 28.1 Å². The smallest absolute Gasteiger partial charge is 0.295 e. The lowest BCUT2D eigenvalue weighted by Crippen LogP contribution is -2.29. The van der Waals surface area contributed by atoms with E-state index < -0.39 is 17.7 Å². The predicted octanol–water partition coefficient (Wildman–Crippen LogP) is 4.08. The van der Waals surface area contributed by atoms with Crippen LogP contribution in [0.3, 0.4) is 0 Å². The van der Waals surface area contributed by atoms with E-state index in [1.54, 1.807) is 42.7 Å². The third-order valence-electron chi connectivity index (χ3n) is 5.64. The first-order valence-corrected chi connectivity index (χ1v) is 11.4. The largest absolute Gasteiger partial charge is 0.507 e. The van der Waals surface area contributed by atoms with Crippen molar-refractivity contribution >= 4 is 40.0 Å². The van der Waals surface area contributed by atoms with E-state index in [-0.39, 0.29) is 17.9 Å². The van der Waals surface area contributed by atoms with Gasteiger partial charge in [-0.3, -0.25) is 14.6 Å². The Morgan fingerprint density at radius 3 is 2.42 bits per heavy atom. The molecule has 0 spiro atoms. The third kappa shape index (κ3) is 4.06. The zero-order chi connectivity index (χ0) is 22.9. The van der Waals surface area contributed by atoms with Crippen LogP contribution >= 0.6 is 22.6 Å². The Bertz CT molecular complexity index is 1260. The van der Waals surface area contributed by atoms with Gasteiger partial charge in [0.1, 0.15) is 19.0 Å². The Morgan fingerprint density at radius 2 is 1.70 bits per heavy atom. The molecule has 7 nitrogen and oxygen atoms in total. The molecule has 0 saturated carbocycles. The number of benzene rings is 2. The highest BCUT2D eigenvalue weighted by atomic mass is 127. The maximum atomic E-state index is 13.2. The fourth-order valence-corrected chi connectivity index (χ4v) is 4.43. The summed E-state index contributed by atoms with van der Waals surface area (Å²) in [5.41, 5.74) is 2.01. The summed E-state index contributed by atoms with van der Waals surface area (Å²) in [6, 6.07) is 15.4. The SMILES string of the molecule is O=C1C(=O)N(Cc2ccncc2)C(c2ccc(I)cc2)C1=C(O)c1ccc2c(c1)OCCO2. The van der Waals surface area contributed by atoms with E-state index in [4.69, 9.17) is 9.47 Å². The minimum absolute atomic E-state index is 0.0481. The lowest BCUT2D eigenvalue weighted by Gasteiger charge is -2.25. The number of likely N-dealkylation sites (tertiary alicyclic amines) is 1. The van der Waals surface area contributed by atoms with Gasteiger partial charge in [0.15, 0.2) is 11.5 Å². The molecule has 8 heteroatoms. The molecule has 1 N–H and O–H groups in total. The summed E-state index contributed by atoms with van der Waals surface area (Å²) in [6.07, 6.45) is 3.28. The summed E-state index contributed by atoms with van der Waals surface area (Å²) in [5.74, 6) is -0.562. The van der Waals surface area contributed by atoms with E-state index in [9.17, 15) is 14.7 Å². The molecule has 3 heterocycles. The predicted molar refractivity (Wildman–Crippen MR) is 129 cm³/mol. The first kappa shape index (κ1) is 21.4. The van der Waals surface area contributed by atoms with E-state index >= 15 is 0 Å². The Labute approximate surface area is 203 Å². The molecule has 2 aliphatic heterocycles. The number of aliphatic hydroxyl groups excluding tert-OH is 1. The van der Waals surface area contributed by atoms with Gasteiger partial charge in [-0.1, -0.05) is 12.1 Å². The highest BCUT2D eigenvalue weighted by Crippen LogP contribution is 2.41. The van der Waals surface area contributed by atoms with Crippen molar-refractivity contribution in [3.05, 3.63) is 92.8 Å². The molecular formula is C25H19IN2O5. The summed E-state index contributed by atoms with van der Waals surface area (Å²) in [5, 5.41) is 11.3. The van der Waals surface area contributed by atoms with Crippen molar-refractivity contribution in [1.29, 1.82) is 0 Å². The lowest BCUT2D eigenvalue weighted by molar-refractivity contribution is -0.140.